The van der Waals surface area contributed by atoms with Gasteiger partial charge in [0.05, 0.1) is 7.11 Å². The van der Waals surface area contributed by atoms with E-state index in [0.717, 1.165) is 16.1 Å². The number of nitrogens with two attached hydrogens (primary N) is 1. The van der Waals surface area contributed by atoms with Crippen molar-refractivity contribution in [2.45, 2.75) is 6.42 Å². The SMILES string of the molecule is COC(=O)N(N)n1cc(CCNC(=O)c2ccccc2C=O)c2cccnc21. The smallest absolute Gasteiger partial charge is 0.444 e. The maximum Gasteiger partial charge on any atom is 0.444 e. The van der Waals surface area contributed by atoms with Gasteiger partial charge in [0.2, 0.25) is 0 Å². The number of amides is 2. The topological polar surface area (TPSA) is 120 Å². The van der Waals surface area contributed by atoms with E-state index in [9.17, 15) is 14.4 Å². The van der Waals surface area contributed by atoms with Crippen LogP contribution < -0.4 is 16.3 Å². The molecule has 3 N–H and O–H groups in total. The fourth-order valence-corrected chi connectivity index (χ4v) is 2.87. The molecule has 2 amide bonds. The Kier molecular flexibility index (Phi) is 5.66. The Hall–Kier alpha value is -3.72. The molecule has 0 aliphatic heterocycles. The van der Waals surface area contributed by atoms with Gasteiger partial charge in [-0.1, -0.05) is 18.2 Å². The van der Waals surface area contributed by atoms with Gasteiger partial charge in [-0.25, -0.2) is 20.3 Å². The quantitative estimate of drug-likeness (QED) is 0.288. The summed E-state index contributed by atoms with van der Waals surface area (Å²) < 4.78 is 6.02. The van der Waals surface area contributed by atoms with Gasteiger partial charge in [0, 0.05) is 35.5 Å². The highest BCUT2D eigenvalue weighted by Crippen LogP contribution is 2.19. The van der Waals surface area contributed by atoms with Gasteiger partial charge in [0.1, 0.15) is 0 Å². The Morgan fingerprint density at radius 2 is 2.07 bits per heavy atom. The number of aromatic nitrogens is 2. The zero-order valence-electron chi connectivity index (χ0n) is 15.2. The van der Waals surface area contributed by atoms with Crippen molar-refractivity contribution in [3.63, 3.8) is 0 Å². The number of methoxy groups -OCH3 is 1. The normalized spacial score (nSPS) is 10.5. The summed E-state index contributed by atoms with van der Waals surface area (Å²) in [6, 6.07) is 10.2. The van der Waals surface area contributed by atoms with E-state index < -0.39 is 6.09 Å². The summed E-state index contributed by atoms with van der Waals surface area (Å²) in [5.41, 5.74) is 1.98. The summed E-state index contributed by atoms with van der Waals surface area (Å²) >= 11 is 0. The Bertz CT molecular complexity index is 1030. The lowest BCUT2D eigenvalue weighted by Gasteiger charge is -2.16. The number of carbonyl (C=O) groups excluding carboxylic acids is 3. The lowest BCUT2D eigenvalue weighted by Crippen LogP contribution is -2.46. The van der Waals surface area contributed by atoms with Gasteiger partial charge in [-0.05, 0) is 30.2 Å². The number of hydrogen-bond acceptors (Lipinski definition) is 6. The average Bonchev–Trinajstić information content (AvgIpc) is 3.11. The minimum Gasteiger partial charge on any atom is -0.451 e. The van der Waals surface area contributed by atoms with E-state index in [4.69, 9.17) is 5.84 Å². The molecule has 0 aliphatic carbocycles. The first-order valence-electron chi connectivity index (χ1n) is 8.47. The van der Waals surface area contributed by atoms with Gasteiger partial charge in [0.15, 0.2) is 11.9 Å². The molecule has 0 atom stereocenters. The number of hydrazine groups is 1. The molecule has 28 heavy (non-hydrogen) atoms. The van der Waals surface area contributed by atoms with Crippen molar-refractivity contribution < 1.29 is 19.1 Å². The van der Waals surface area contributed by atoms with Crippen LogP contribution >= 0.6 is 0 Å². The van der Waals surface area contributed by atoms with Crippen LogP contribution in [-0.4, -0.2) is 41.6 Å². The highest BCUT2D eigenvalue weighted by Gasteiger charge is 2.18. The molecule has 0 fully saturated rings. The number of hydrogen-bond donors (Lipinski definition) is 2. The molecule has 2 heterocycles. The van der Waals surface area contributed by atoms with E-state index in [2.05, 4.69) is 15.0 Å². The van der Waals surface area contributed by atoms with E-state index in [-0.39, 0.29) is 5.91 Å². The molecule has 0 unspecified atom stereocenters. The van der Waals surface area contributed by atoms with Crippen LogP contribution in [0.5, 0.6) is 0 Å². The van der Waals surface area contributed by atoms with Gasteiger partial charge >= 0.3 is 6.09 Å². The third kappa shape index (κ3) is 3.69. The molecule has 1 aromatic carbocycles. The Labute approximate surface area is 160 Å². The number of ether oxygens (including phenoxy) is 1. The number of pyridine rings is 1. The summed E-state index contributed by atoms with van der Waals surface area (Å²) in [6.07, 6.45) is 3.63. The van der Waals surface area contributed by atoms with Crippen LogP contribution in [0.2, 0.25) is 0 Å². The molecule has 3 rings (SSSR count). The minimum absolute atomic E-state index is 0.320. The first-order chi connectivity index (χ1) is 13.6. The number of nitrogens with zero attached hydrogens (tertiary/aromatic N) is 3. The van der Waals surface area contributed by atoms with Crippen LogP contribution in [-0.2, 0) is 11.2 Å². The Morgan fingerprint density at radius 3 is 2.82 bits per heavy atom. The van der Waals surface area contributed by atoms with Gasteiger partial charge in [0.25, 0.3) is 5.91 Å². The summed E-state index contributed by atoms with van der Waals surface area (Å²) in [5, 5.41) is 4.41. The van der Waals surface area contributed by atoms with Crippen LogP contribution in [0.15, 0.2) is 48.8 Å². The molecule has 144 valence electrons. The zero-order valence-corrected chi connectivity index (χ0v) is 15.2. The minimum atomic E-state index is -0.743. The van der Waals surface area contributed by atoms with E-state index in [1.807, 2.05) is 6.07 Å². The van der Waals surface area contributed by atoms with E-state index in [1.54, 1.807) is 42.7 Å². The number of benzene rings is 1. The van der Waals surface area contributed by atoms with Crippen LogP contribution in [0.1, 0.15) is 26.3 Å². The zero-order chi connectivity index (χ0) is 20.1. The van der Waals surface area contributed by atoms with E-state index in [1.165, 1.54) is 11.8 Å². The summed E-state index contributed by atoms with van der Waals surface area (Å²) in [5.74, 6) is 5.46. The number of rotatable bonds is 6. The van der Waals surface area contributed by atoms with Crippen LogP contribution in [0.25, 0.3) is 11.0 Å². The lowest BCUT2D eigenvalue weighted by molar-refractivity contribution is 0.0948. The second-order valence-corrected chi connectivity index (χ2v) is 5.90. The second kappa shape index (κ2) is 8.31. The van der Waals surface area contributed by atoms with Crippen LogP contribution in [0.4, 0.5) is 4.79 Å². The highest BCUT2D eigenvalue weighted by molar-refractivity contribution is 6.01. The average molecular weight is 381 g/mol. The summed E-state index contributed by atoms with van der Waals surface area (Å²) in [6.45, 7) is 0.322. The van der Waals surface area contributed by atoms with Crippen molar-refractivity contribution in [1.29, 1.82) is 0 Å². The molecule has 0 radical (unpaired) electrons. The van der Waals surface area contributed by atoms with Gasteiger partial charge < -0.3 is 10.1 Å². The van der Waals surface area contributed by atoms with Gasteiger partial charge in [-0.3, -0.25) is 9.59 Å². The number of nitrogens with one attached hydrogen (secondary N) is 1. The van der Waals surface area contributed by atoms with E-state index >= 15 is 0 Å². The van der Waals surface area contributed by atoms with Gasteiger partial charge in [-0.15, -0.1) is 5.12 Å². The molecular weight excluding hydrogens is 362 g/mol. The number of aldehydes is 1. The summed E-state index contributed by atoms with van der Waals surface area (Å²) in [7, 11) is 1.23. The van der Waals surface area contributed by atoms with Crippen molar-refractivity contribution in [2.24, 2.45) is 5.84 Å². The Morgan fingerprint density at radius 1 is 1.29 bits per heavy atom. The fraction of sp³-hybridized carbons (Fsp3) is 0.158. The largest absolute Gasteiger partial charge is 0.451 e. The third-order valence-corrected chi connectivity index (χ3v) is 4.23. The van der Waals surface area contributed by atoms with E-state index in [0.29, 0.717) is 36.0 Å². The molecule has 0 saturated heterocycles. The Balaban J connectivity index is 1.77. The predicted molar refractivity (Wildman–Crippen MR) is 102 cm³/mol. The molecule has 9 heteroatoms. The highest BCUT2D eigenvalue weighted by atomic mass is 16.6. The molecule has 2 aromatic heterocycles. The predicted octanol–water partition coefficient (Wildman–Crippen LogP) is 1.40. The standard InChI is InChI=1S/C19H19N5O4/c1-28-19(27)24(20)23-11-13(15-7-4-9-21-17(15)23)8-10-22-18(26)16-6-3-2-5-14(16)12-25/h2-7,9,11-12H,8,10,20H2,1H3,(H,22,26). The molecule has 3 aromatic rings. The van der Waals surface area contributed by atoms with Crippen molar-refractivity contribution in [3.05, 3.63) is 65.5 Å². The molecule has 0 spiro atoms. The van der Waals surface area contributed by atoms with Crippen molar-refractivity contribution in [2.75, 3.05) is 18.8 Å². The number of carbonyl (C=O) groups is 3. The maximum atomic E-state index is 12.3. The van der Waals surface area contributed by atoms with Crippen molar-refractivity contribution >= 4 is 29.3 Å². The van der Waals surface area contributed by atoms with Crippen molar-refractivity contribution in [1.82, 2.24) is 15.0 Å². The monoisotopic (exact) mass is 381 g/mol. The molecule has 0 saturated carbocycles. The third-order valence-electron chi connectivity index (χ3n) is 4.23. The molecule has 9 nitrogen and oxygen atoms in total. The molecule has 0 bridgehead atoms. The van der Waals surface area contributed by atoms with Crippen LogP contribution in [0.3, 0.4) is 0 Å². The molecular formula is C19H19N5O4. The van der Waals surface area contributed by atoms with Crippen molar-refractivity contribution in [3.8, 4) is 0 Å². The maximum absolute atomic E-state index is 12.3. The van der Waals surface area contributed by atoms with Gasteiger partial charge in [-0.2, -0.15) is 0 Å². The van der Waals surface area contributed by atoms with Crippen LogP contribution in [0, 0.1) is 0 Å². The molecule has 0 aliphatic rings. The number of fused-ring (bicyclic) bond motifs is 1. The first-order valence-corrected chi connectivity index (χ1v) is 8.47. The second-order valence-electron chi connectivity index (χ2n) is 5.90. The summed E-state index contributed by atoms with van der Waals surface area (Å²) in [4.78, 5) is 39.4. The lowest BCUT2D eigenvalue weighted by atomic mass is 10.1. The first kappa shape index (κ1) is 19.1. The fourth-order valence-electron chi connectivity index (χ4n) is 2.87.